The van der Waals surface area contributed by atoms with E-state index in [1.165, 1.54) is 6.08 Å². The van der Waals surface area contributed by atoms with Crippen molar-refractivity contribution in [3.05, 3.63) is 23.5 Å². The van der Waals surface area contributed by atoms with E-state index < -0.39 is 0 Å². The minimum absolute atomic E-state index is 0.328. The van der Waals surface area contributed by atoms with Gasteiger partial charge in [0.2, 0.25) is 0 Å². The number of hydrogen-bond donors (Lipinski definition) is 1. The van der Waals surface area contributed by atoms with Crippen LogP contribution in [0.4, 0.5) is 0 Å². The molecule has 6 heteroatoms. The fourth-order valence-electron chi connectivity index (χ4n) is 1.42. The number of hydrogen-bond acceptors (Lipinski definition) is 6. The van der Waals surface area contributed by atoms with Crippen LogP contribution in [0.5, 0.6) is 0 Å². The molecule has 0 aliphatic carbocycles. The highest BCUT2D eigenvalue weighted by Gasteiger charge is 2.12. The SMILES string of the molecule is CCNC1=C(C=CC(=O)OCC)CN(SC)C=N1. The van der Waals surface area contributed by atoms with Crippen LogP contribution in [0.25, 0.3) is 0 Å². The molecule has 0 fully saturated rings. The molecular weight excluding hydrogens is 250 g/mol. The summed E-state index contributed by atoms with van der Waals surface area (Å²) in [5.74, 6) is 0.481. The third-order valence-corrected chi connectivity index (χ3v) is 2.92. The van der Waals surface area contributed by atoms with E-state index >= 15 is 0 Å². The van der Waals surface area contributed by atoms with E-state index in [4.69, 9.17) is 4.74 Å². The number of ether oxygens (including phenoxy) is 1. The van der Waals surface area contributed by atoms with Gasteiger partial charge in [0.25, 0.3) is 0 Å². The number of nitrogens with one attached hydrogen (secondary N) is 1. The Hall–Kier alpha value is -1.43. The van der Waals surface area contributed by atoms with Crippen LogP contribution in [0, 0.1) is 0 Å². The van der Waals surface area contributed by atoms with E-state index in [9.17, 15) is 4.79 Å². The van der Waals surface area contributed by atoms with Gasteiger partial charge >= 0.3 is 5.97 Å². The topological polar surface area (TPSA) is 53.9 Å². The molecule has 0 atom stereocenters. The number of carbonyl (C=O) groups excluding carboxylic acids is 1. The van der Waals surface area contributed by atoms with Gasteiger partial charge in [0, 0.05) is 24.4 Å². The quantitative estimate of drug-likeness (QED) is 0.450. The molecule has 0 saturated heterocycles. The molecule has 0 aromatic rings. The molecule has 5 nitrogen and oxygen atoms in total. The summed E-state index contributed by atoms with van der Waals surface area (Å²) in [6.45, 7) is 5.69. The van der Waals surface area contributed by atoms with Gasteiger partial charge in [-0.3, -0.25) is 0 Å². The van der Waals surface area contributed by atoms with Gasteiger partial charge in [0.05, 0.1) is 13.2 Å². The van der Waals surface area contributed by atoms with Crippen LogP contribution in [0.15, 0.2) is 28.5 Å². The van der Waals surface area contributed by atoms with Gasteiger partial charge in [-0.25, -0.2) is 9.79 Å². The fourth-order valence-corrected chi connectivity index (χ4v) is 1.83. The Morgan fingerprint density at radius 1 is 1.67 bits per heavy atom. The first-order valence-electron chi connectivity index (χ1n) is 5.88. The maximum atomic E-state index is 11.3. The predicted molar refractivity (Wildman–Crippen MR) is 75.2 cm³/mol. The fraction of sp³-hybridized carbons (Fsp3) is 0.500. The van der Waals surface area contributed by atoms with Crippen molar-refractivity contribution in [2.24, 2.45) is 4.99 Å². The lowest BCUT2D eigenvalue weighted by Crippen LogP contribution is -2.25. The van der Waals surface area contributed by atoms with Crippen molar-refractivity contribution in [2.45, 2.75) is 13.8 Å². The monoisotopic (exact) mass is 269 g/mol. The predicted octanol–water partition coefficient (Wildman–Crippen LogP) is 1.55. The van der Waals surface area contributed by atoms with Crippen LogP contribution in [-0.4, -0.2) is 42.6 Å². The van der Waals surface area contributed by atoms with Crippen molar-refractivity contribution in [3.8, 4) is 0 Å². The van der Waals surface area contributed by atoms with E-state index in [-0.39, 0.29) is 5.97 Å². The van der Waals surface area contributed by atoms with Crippen molar-refractivity contribution in [1.82, 2.24) is 9.62 Å². The Morgan fingerprint density at radius 2 is 2.44 bits per heavy atom. The van der Waals surface area contributed by atoms with Gasteiger partial charge in [-0.2, -0.15) is 0 Å². The average molecular weight is 269 g/mol. The van der Waals surface area contributed by atoms with Crippen molar-refractivity contribution in [2.75, 3.05) is 26.0 Å². The summed E-state index contributed by atoms with van der Waals surface area (Å²) < 4.78 is 6.85. The average Bonchev–Trinajstić information content (AvgIpc) is 2.38. The van der Waals surface area contributed by atoms with Gasteiger partial charge in [-0.05, 0) is 19.9 Å². The van der Waals surface area contributed by atoms with Crippen LogP contribution in [-0.2, 0) is 9.53 Å². The molecule has 0 aromatic carbocycles. The molecule has 1 aliphatic rings. The van der Waals surface area contributed by atoms with Crippen molar-refractivity contribution in [3.63, 3.8) is 0 Å². The van der Waals surface area contributed by atoms with Crippen LogP contribution < -0.4 is 5.32 Å². The molecule has 0 aromatic heterocycles. The largest absolute Gasteiger partial charge is 0.463 e. The molecule has 0 amide bonds. The van der Waals surface area contributed by atoms with E-state index in [0.717, 1.165) is 17.9 Å². The van der Waals surface area contributed by atoms with Crippen LogP contribution in [0.1, 0.15) is 13.8 Å². The molecule has 0 unspecified atom stereocenters. The highest BCUT2D eigenvalue weighted by molar-refractivity contribution is 7.96. The molecule has 1 aliphatic heterocycles. The minimum Gasteiger partial charge on any atom is -0.463 e. The maximum Gasteiger partial charge on any atom is 0.330 e. The Morgan fingerprint density at radius 3 is 3.06 bits per heavy atom. The van der Waals surface area contributed by atoms with Crippen LogP contribution in [0.2, 0.25) is 0 Å². The number of rotatable bonds is 6. The van der Waals surface area contributed by atoms with Gasteiger partial charge in [0.15, 0.2) is 0 Å². The van der Waals surface area contributed by atoms with Crippen molar-refractivity contribution < 1.29 is 9.53 Å². The Labute approximate surface area is 112 Å². The van der Waals surface area contributed by atoms with E-state index in [2.05, 4.69) is 10.3 Å². The molecule has 0 saturated carbocycles. The normalized spacial score (nSPS) is 15.4. The van der Waals surface area contributed by atoms with E-state index in [0.29, 0.717) is 13.2 Å². The summed E-state index contributed by atoms with van der Waals surface area (Å²) in [5.41, 5.74) is 0.974. The summed E-state index contributed by atoms with van der Waals surface area (Å²) in [4.78, 5) is 15.6. The van der Waals surface area contributed by atoms with Crippen molar-refractivity contribution >= 4 is 24.3 Å². The highest BCUT2D eigenvalue weighted by atomic mass is 32.2. The molecule has 1 heterocycles. The Kier molecular flexibility index (Phi) is 6.35. The Bertz CT molecular complexity index is 378. The summed E-state index contributed by atoms with van der Waals surface area (Å²) in [6.07, 6.45) is 6.96. The first-order valence-corrected chi connectivity index (χ1v) is 7.06. The number of nitrogens with zero attached hydrogens (tertiary/aromatic N) is 2. The molecule has 0 spiro atoms. The molecule has 100 valence electrons. The second kappa shape index (κ2) is 7.81. The third-order valence-electron chi connectivity index (χ3n) is 2.23. The lowest BCUT2D eigenvalue weighted by atomic mass is 10.2. The zero-order chi connectivity index (χ0) is 13.4. The second-order valence-corrected chi connectivity index (χ2v) is 4.33. The van der Waals surface area contributed by atoms with Crippen molar-refractivity contribution in [1.29, 1.82) is 0 Å². The zero-order valence-corrected chi connectivity index (χ0v) is 11.8. The minimum atomic E-state index is -0.328. The van der Waals surface area contributed by atoms with Crippen LogP contribution in [0.3, 0.4) is 0 Å². The molecule has 1 N–H and O–H groups in total. The second-order valence-electron chi connectivity index (χ2n) is 3.49. The summed E-state index contributed by atoms with van der Waals surface area (Å²) in [7, 11) is 0. The maximum absolute atomic E-state index is 11.3. The zero-order valence-electron chi connectivity index (χ0n) is 11.0. The molecule has 0 radical (unpaired) electrons. The summed E-state index contributed by atoms with van der Waals surface area (Å²) in [5, 5.41) is 3.18. The number of aliphatic imine (C=N–C) groups is 1. The number of esters is 1. The van der Waals surface area contributed by atoms with Gasteiger partial charge in [0.1, 0.15) is 12.2 Å². The van der Waals surface area contributed by atoms with Crippen LogP contribution >= 0.6 is 11.9 Å². The number of carbonyl (C=O) groups is 1. The molecular formula is C12H19N3O2S. The lowest BCUT2D eigenvalue weighted by molar-refractivity contribution is -0.137. The van der Waals surface area contributed by atoms with E-state index in [1.54, 1.807) is 31.3 Å². The summed E-state index contributed by atoms with van der Waals surface area (Å²) in [6, 6.07) is 0. The third kappa shape index (κ3) is 4.44. The first-order chi connectivity index (χ1) is 8.71. The smallest absolute Gasteiger partial charge is 0.330 e. The molecule has 1 rings (SSSR count). The first kappa shape index (κ1) is 14.6. The van der Waals surface area contributed by atoms with Gasteiger partial charge in [-0.15, -0.1) is 0 Å². The molecule has 0 bridgehead atoms. The standard InChI is InChI=1S/C12H19N3O2S/c1-4-13-12-10(6-7-11(16)17-5-2)8-15(18-3)9-14-12/h6-7,9,13H,4-5,8H2,1-3H3. The summed E-state index contributed by atoms with van der Waals surface area (Å²) >= 11 is 1.59. The highest BCUT2D eigenvalue weighted by Crippen LogP contribution is 2.16. The van der Waals surface area contributed by atoms with Gasteiger partial charge < -0.3 is 14.4 Å². The Balaban J connectivity index is 2.77. The lowest BCUT2D eigenvalue weighted by Gasteiger charge is -2.22. The van der Waals surface area contributed by atoms with E-state index in [1.807, 2.05) is 17.5 Å². The molecule has 18 heavy (non-hydrogen) atoms. The van der Waals surface area contributed by atoms with Gasteiger partial charge in [-0.1, -0.05) is 11.9 Å².